The molecule has 1 aromatic carbocycles. The fourth-order valence-electron chi connectivity index (χ4n) is 2.04. The maximum atomic E-state index is 11.5. The molecule has 1 N–H and O–H groups in total. The predicted octanol–water partition coefficient (Wildman–Crippen LogP) is 2.08. The first-order chi connectivity index (χ1) is 7.09. The van der Waals surface area contributed by atoms with Gasteiger partial charge in [-0.3, -0.25) is 9.59 Å². The van der Waals surface area contributed by atoms with Gasteiger partial charge in [0.05, 0.1) is 0 Å². The molecular formula is C12H13NO2. The molecule has 3 nitrogen and oxygen atoms in total. The van der Waals surface area contributed by atoms with Gasteiger partial charge in [0.25, 0.3) is 0 Å². The Kier molecular flexibility index (Phi) is 2.31. The molecular weight excluding hydrogens is 190 g/mol. The summed E-state index contributed by atoms with van der Waals surface area (Å²) in [6.45, 7) is 3.43. The van der Waals surface area contributed by atoms with Crippen molar-refractivity contribution in [2.75, 3.05) is 5.32 Å². The number of hydrogen-bond acceptors (Lipinski definition) is 2. The molecule has 0 spiro atoms. The molecule has 0 radical (unpaired) electrons. The third kappa shape index (κ3) is 1.65. The van der Waals surface area contributed by atoms with E-state index >= 15 is 0 Å². The van der Waals surface area contributed by atoms with E-state index in [1.54, 1.807) is 6.07 Å². The van der Waals surface area contributed by atoms with Gasteiger partial charge in [0, 0.05) is 24.6 Å². The van der Waals surface area contributed by atoms with Crippen LogP contribution < -0.4 is 5.32 Å². The van der Waals surface area contributed by atoms with E-state index in [9.17, 15) is 9.59 Å². The lowest BCUT2D eigenvalue weighted by atomic mass is 10.0. The summed E-state index contributed by atoms with van der Waals surface area (Å²) in [5.74, 6) is 0.129. The van der Waals surface area contributed by atoms with Crippen LogP contribution in [0.1, 0.15) is 34.8 Å². The lowest BCUT2D eigenvalue weighted by Gasteiger charge is -2.10. The molecule has 78 valence electrons. The molecule has 0 bridgehead atoms. The summed E-state index contributed by atoms with van der Waals surface area (Å²) in [4.78, 5) is 22.4. The molecule has 0 saturated carbocycles. The summed E-state index contributed by atoms with van der Waals surface area (Å²) in [5.41, 5.74) is 3.75. The third-order valence-electron chi connectivity index (χ3n) is 2.81. The Bertz CT molecular complexity index is 449. The average Bonchev–Trinajstić information content (AvgIpc) is 2.53. The maximum absolute atomic E-state index is 11.5. The van der Waals surface area contributed by atoms with E-state index in [1.165, 1.54) is 6.92 Å². The second-order valence-corrected chi connectivity index (χ2v) is 3.87. The minimum absolute atomic E-state index is 0.0811. The van der Waals surface area contributed by atoms with Crippen LogP contribution in [-0.4, -0.2) is 11.7 Å². The Balaban J connectivity index is 2.46. The fraction of sp³-hybridized carbons (Fsp3) is 0.333. The second kappa shape index (κ2) is 3.50. The Morgan fingerprint density at radius 1 is 1.33 bits per heavy atom. The van der Waals surface area contributed by atoms with Crippen molar-refractivity contribution in [1.29, 1.82) is 0 Å². The monoisotopic (exact) mass is 203 g/mol. The SMILES string of the molecule is CC(=O)Nc1ccc2c(c1C)CCC2=O. The zero-order valence-electron chi connectivity index (χ0n) is 8.89. The van der Waals surface area contributed by atoms with Crippen LogP contribution in [0.4, 0.5) is 5.69 Å². The molecule has 1 aliphatic rings. The third-order valence-corrected chi connectivity index (χ3v) is 2.81. The number of Topliss-reactive ketones (excluding diaryl/α,β-unsaturated/α-hetero) is 1. The highest BCUT2D eigenvalue weighted by molar-refractivity contribution is 6.02. The Labute approximate surface area is 88.5 Å². The van der Waals surface area contributed by atoms with Crippen molar-refractivity contribution in [3.8, 4) is 0 Å². The van der Waals surface area contributed by atoms with Gasteiger partial charge in [-0.25, -0.2) is 0 Å². The Hall–Kier alpha value is -1.64. The molecule has 1 aromatic rings. The summed E-state index contributed by atoms with van der Waals surface area (Å²) in [5, 5.41) is 2.77. The molecule has 0 aromatic heterocycles. The summed E-state index contributed by atoms with van der Waals surface area (Å²) in [6.07, 6.45) is 1.40. The number of hydrogen-bond donors (Lipinski definition) is 1. The van der Waals surface area contributed by atoms with Crippen molar-refractivity contribution in [1.82, 2.24) is 0 Å². The molecule has 0 aliphatic heterocycles. The Morgan fingerprint density at radius 2 is 2.07 bits per heavy atom. The molecule has 0 heterocycles. The number of anilines is 1. The molecule has 0 unspecified atom stereocenters. The minimum atomic E-state index is -0.0811. The van der Waals surface area contributed by atoms with Crippen LogP contribution in [0.5, 0.6) is 0 Å². The van der Waals surface area contributed by atoms with E-state index in [0.717, 1.165) is 28.8 Å². The van der Waals surface area contributed by atoms with Crippen molar-refractivity contribution in [2.45, 2.75) is 26.7 Å². The highest BCUT2D eigenvalue weighted by Gasteiger charge is 2.22. The van der Waals surface area contributed by atoms with Crippen LogP contribution >= 0.6 is 0 Å². The van der Waals surface area contributed by atoms with Gasteiger partial charge in [-0.2, -0.15) is 0 Å². The molecule has 1 aliphatic carbocycles. The number of carbonyl (C=O) groups is 2. The van der Waals surface area contributed by atoms with Crippen molar-refractivity contribution < 1.29 is 9.59 Å². The summed E-state index contributed by atoms with van der Waals surface area (Å²) < 4.78 is 0. The molecule has 0 saturated heterocycles. The number of benzene rings is 1. The van der Waals surface area contributed by atoms with Gasteiger partial charge in [-0.05, 0) is 36.6 Å². The van der Waals surface area contributed by atoms with E-state index < -0.39 is 0 Å². The minimum Gasteiger partial charge on any atom is -0.326 e. The van der Waals surface area contributed by atoms with Gasteiger partial charge >= 0.3 is 0 Å². The van der Waals surface area contributed by atoms with E-state index in [0.29, 0.717) is 6.42 Å². The molecule has 0 fully saturated rings. The van der Waals surface area contributed by atoms with Crippen LogP contribution in [0.3, 0.4) is 0 Å². The predicted molar refractivity (Wildman–Crippen MR) is 58.1 cm³/mol. The van der Waals surface area contributed by atoms with Crippen molar-refractivity contribution in [3.63, 3.8) is 0 Å². The molecule has 15 heavy (non-hydrogen) atoms. The topological polar surface area (TPSA) is 46.2 Å². The van der Waals surface area contributed by atoms with Crippen molar-refractivity contribution in [2.24, 2.45) is 0 Å². The largest absolute Gasteiger partial charge is 0.326 e. The average molecular weight is 203 g/mol. The van der Waals surface area contributed by atoms with Gasteiger partial charge in [-0.15, -0.1) is 0 Å². The van der Waals surface area contributed by atoms with E-state index in [4.69, 9.17) is 0 Å². The number of carbonyl (C=O) groups excluding carboxylic acids is 2. The number of ketones is 1. The smallest absolute Gasteiger partial charge is 0.221 e. The number of rotatable bonds is 1. The van der Waals surface area contributed by atoms with Gasteiger partial charge in [0.15, 0.2) is 5.78 Å². The van der Waals surface area contributed by atoms with Crippen LogP contribution in [0.2, 0.25) is 0 Å². The van der Waals surface area contributed by atoms with Crippen LogP contribution in [-0.2, 0) is 11.2 Å². The van der Waals surface area contributed by atoms with E-state index in [2.05, 4.69) is 5.32 Å². The second-order valence-electron chi connectivity index (χ2n) is 3.87. The zero-order valence-corrected chi connectivity index (χ0v) is 8.89. The van der Waals surface area contributed by atoms with Crippen LogP contribution in [0.25, 0.3) is 0 Å². The quantitative estimate of drug-likeness (QED) is 0.759. The Morgan fingerprint density at radius 3 is 2.73 bits per heavy atom. The molecule has 3 heteroatoms. The first-order valence-electron chi connectivity index (χ1n) is 5.03. The number of amides is 1. The van der Waals surface area contributed by atoms with Crippen molar-refractivity contribution in [3.05, 3.63) is 28.8 Å². The van der Waals surface area contributed by atoms with Crippen molar-refractivity contribution >= 4 is 17.4 Å². The normalized spacial score (nSPS) is 13.9. The lowest BCUT2D eigenvalue weighted by Crippen LogP contribution is -2.08. The van der Waals surface area contributed by atoms with E-state index in [-0.39, 0.29) is 11.7 Å². The fourth-order valence-corrected chi connectivity index (χ4v) is 2.04. The van der Waals surface area contributed by atoms with Gasteiger partial charge < -0.3 is 5.32 Å². The first-order valence-corrected chi connectivity index (χ1v) is 5.03. The number of nitrogens with one attached hydrogen (secondary N) is 1. The van der Waals surface area contributed by atoms with Gasteiger partial charge in [0.2, 0.25) is 5.91 Å². The summed E-state index contributed by atoms with van der Waals surface area (Å²) >= 11 is 0. The van der Waals surface area contributed by atoms with Gasteiger partial charge in [0.1, 0.15) is 0 Å². The summed E-state index contributed by atoms with van der Waals surface area (Å²) in [6, 6.07) is 3.61. The van der Waals surface area contributed by atoms with Crippen LogP contribution in [0, 0.1) is 6.92 Å². The molecule has 0 atom stereocenters. The first kappa shape index (κ1) is 9.90. The van der Waals surface area contributed by atoms with E-state index in [1.807, 2.05) is 13.0 Å². The lowest BCUT2D eigenvalue weighted by molar-refractivity contribution is -0.114. The maximum Gasteiger partial charge on any atom is 0.221 e. The number of fused-ring (bicyclic) bond motifs is 1. The molecule has 2 rings (SSSR count). The van der Waals surface area contributed by atoms with Crippen LogP contribution in [0.15, 0.2) is 12.1 Å². The highest BCUT2D eigenvalue weighted by Crippen LogP contribution is 2.29. The standard InChI is InChI=1S/C12H13NO2/c1-7-9-4-6-12(15)10(9)3-5-11(7)13-8(2)14/h3,5H,4,6H2,1-2H3,(H,13,14). The molecule has 1 amide bonds. The summed E-state index contributed by atoms with van der Waals surface area (Å²) in [7, 11) is 0. The van der Waals surface area contributed by atoms with Gasteiger partial charge in [-0.1, -0.05) is 0 Å². The zero-order chi connectivity index (χ0) is 11.0. The highest BCUT2D eigenvalue weighted by atomic mass is 16.1.